The minimum absolute atomic E-state index is 0.712. The molecule has 0 aliphatic heterocycles. The summed E-state index contributed by atoms with van der Waals surface area (Å²) in [6.45, 7) is 3.58. The highest BCUT2D eigenvalue weighted by molar-refractivity contribution is 5.70. The van der Waals surface area contributed by atoms with E-state index in [2.05, 4.69) is 4.90 Å². The molecule has 1 aromatic carbocycles. The van der Waals surface area contributed by atoms with Crippen molar-refractivity contribution in [3.8, 4) is 0 Å². The second kappa shape index (κ2) is 4.86. The maximum atomic E-state index is 5.97. The average molecular weight is 194 g/mol. The Hall–Kier alpha value is -1.22. The number of rotatable bonds is 4. The summed E-state index contributed by atoms with van der Waals surface area (Å²) in [6.07, 6.45) is 0. The van der Waals surface area contributed by atoms with Crippen LogP contribution in [0.5, 0.6) is 0 Å². The fraction of sp³-hybridized carbons (Fsp3) is 0.455. The lowest BCUT2D eigenvalue weighted by atomic mass is 10.1. The molecule has 0 aliphatic carbocycles. The smallest absolute Gasteiger partial charge is 0.0637 e. The topological polar surface area (TPSA) is 38.5 Å². The number of ether oxygens (including phenoxy) is 1. The Balaban J connectivity index is 2.79. The first kappa shape index (κ1) is 10.9. The SMILES string of the molecule is COCCN(C)c1cccc(C)c1N. The summed E-state index contributed by atoms with van der Waals surface area (Å²) in [5, 5.41) is 0. The summed E-state index contributed by atoms with van der Waals surface area (Å²) < 4.78 is 5.02. The van der Waals surface area contributed by atoms with Gasteiger partial charge >= 0.3 is 0 Å². The van der Waals surface area contributed by atoms with Crippen molar-refractivity contribution < 1.29 is 4.74 Å². The van der Waals surface area contributed by atoms with Gasteiger partial charge in [-0.1, -0.05) is 12.1 Å². The van der Waals surface area contributed by atoms with E-state index in [1.165, 1.54) is 0 Å². The molecule has 78 valence electrons. The van der Waals surface area contributed by atoms with Gasteiger partial charge < -0.3 is 15.4 Å². The van der Waals surface area contributed by atoms with Crippen LogP contribution in [0.4, 0.5) is 11.4 Å². The molecular formula is C11H18N2O. The van der Waals surface area contributed by atoms with E-state index in [9.17, 15) is 0 Å². The number of nitrogens with zero attached hydrogens (tertiary/aromatic N) is 1. The van der Waals surface area contributed by atoms with E-state index in [1.54, 1.807) is 7.11 Å². The summed E-state index contributed by atoms with van der Waals surface area (Å²) in [6, 6.07) is 6.06. The Labute approximate surface area is 85.5 Å². The van der Waals surface area contributed by atoms with Gasteiger partial charge in [-0.25, -0.2) is 0 Å². The van der Waals surface area contributed by atoms with Crippen LogP contribution >= 0.6 is 0 Å². The van der Waals surface area contributed by atoms with E-state index < -0.39 is 0 Å². The van der Waals surface area contributed by atoms with Crippen LogP contribution in [-0.4, -0.2) is 27.3 Å². The van der Waals surface area contributed by atoms with Crippen LogP contribution in [-0.2, 0) is 4.74 Å². The van der Waals surface area contributed by atoms with Crippen molar-refractivity contribution in [2.24, 2.45) is 0 Å². The Kier molecular flexibility index (Phi) is 3.77. The van der Waals surface area contributed by atoms with Crippen LogP contribution in [0.1, 0.15) is 5.56 Å². The fourth-order valence-electron chi connectivity index (χ4n) is 1.35. The van der Waals surface area contributed by atoms with Crippen molar-refractivity contribution in [3.63, 3.8) is 0 Å². The molecule has 0 spiro atoms. The third-order valence-electron chi connectivity index (χ3n) is 2.34. The van der Waals surface area contributed by atoms with Gasteiger partial charge in [0.15, 0.2) is 0 Å². The summed E-state index contributed by atoms with van der Waals surface area (Å²) in [4.78, 5) is 2.10. The minimum Gasteiger partial charge on any atom is -0.397 e. The lowest BCUT2D eigenvalue weighted by molar-refractivity contribution is 0.206. The van der Waals surface area contributed by atoms with Gasteiger partial charge in [0.25, 0.3) is 0 Å². The third kappa shape index (κ3) is 2.39. The van der Waals surface area contributed by atoms with E-state index in [-0.39, 0.29) is 0 Å². The number of hydrogen-bond acceptors (Lipinski definition) is 3. The molecule has 0 fully saturated rings. The molecule has 0 aromatic heterocycles. The first-order valence-electron chi connectivity index (χ1n) is 4.72. The Morgan fingerprint density at radius 3 is 2.79 bits per heavy atom. The first-order valence-corrected chi connectivity index (χ1v) is 4.72. The van der Waals surface area contributed by atoms with Gasteiger partial charge in [0, 0.05) is 20.7 Å². The zero-order valence-corrected chi connectivity index (χ0v) is 9.08. The summed E-state index contributed by atoms with van der Waals surface area (Å²) in [5.41, 5.74) is 9.01. The van der Waals surface area contributed by atoms with Crippen molar-refractivity contribution in [2.45, 2.75) is 6.92 Å². The number of hydrogen-bond donors (Lipinski definition) is 1. The maximum absolute atomic E-state index is 5.97. The summed E-state index contributed by atoms with van der Waals surface area (Å²) in [7, 11) is 3.72. The molecule has 2 N–H and O–H groups in total. The molecule has 3 heteroatoms. The molecule has 0 aliphatic rings. The molecule has 3 nitrogen and oxygen atoms in total. The van der Waals surface area contributed by atoms with Crippen LogP contribution in [0.3, 0.4) is 0 Å². The van der Waals surface area contributed by atoms with Crippen LogP contribution in [0.2, 0.25) is 0 Å². The van der Waals surface area contributed by atoms with Gasteiger partial charge in [-0.2, -0.15) is 0 Å². The number of anilines is 2. The standard InChI is InChI=1S/C11H18N2O/c1-9-5-4-6-10(11(9)12)13(2)7-8-14-3/h4-6H,7-8,12H2,1-3H3. The van der Waals surface area contributed by atoms with E-state index in [0.717, 1.165) is 23.5 Å². The van der Waals surface area contributed by atoms with Crippen LogP contribution in [0.15, 0.2) is 18.2 Å². The van der Waals surface area contributed by atoms with Crippen molar-refractivity contribution in [1.82, 2.24) is 0 Å². The highest BCUT2D eigenvalue weighted by Crippen LogP contribution is 2.24. The van der Waals surface area contributed by atoms with E-state index in [0.29, 0.717) is 6.61 Å². The molecule has 0 amide bonds. The molecule has 0 unspecified atom stereocenters. The van der Waals surface area contributed by atoms with Crippen LogP contribution < -0.4 is 10.6 Å². The summed E-state index contributed by atoms with van der Waals surface area (Å²) >= 11 is 0. The van der Waals surface area contributed by atoms with E-state index in [1.807, 2.05) is 32.2 Å². The van der Waals surface area contributed by atoms with Gasteiger partial charge in [0.1, 0.15) is 0 Å². The number of aryl methyl sites for hydroxylation is 1. The molecule has 0 radical (unpaired) electrons. The van der Waals surface area contributed by atoms with Gasteiger partial charge in [-0.05, 0) is 18.6 Å². The van der Waals surface area contributed by atoms with Gasteiger partial charge in [0.05, 0.1) is 18.0 Å². The third-order valence-corrected chi connectivity index (χ3v) is 2.34. The predicted octanol–water partition coefficient (Wildman–Crippen LogP) is 1.66. The second-order valence-electron chi connectivity index (χ2n) is 3.42. The molecule has 14 heavy (non-hydrogen) atoms. The normalized spacial score (nSPS) is 10.2. The van der Waals surface area contributed by atoms with Crippen molar-refractivity contribution in [2.75, 3.05) is 37.9 Å². The quantitative estimate of drug-likeness (QED) is 0.741. The highest BCUT2D eigenvalue weighted by Gasteiger charge is 2.05. The molecule has 0 saturated carbocycles. The monoisotopic (exact) mass is 194 g/mol. The molecule has 0 atom stereocenters. The number of benzene rings is 1. The lowest BCUT2D eigenvalue weighted by Crippen LogP contribution is -2.23. The Bertz CT molecular complexity index is 299. The van der Waals surface area contributed by atoms with Crippen LogP contribution in [0, 0.1) is 6.92 Å². The summed E-state index contributed by atoms with van der Waals surface area (Å²) in [5.74, 6) is 0. The van der Waals surface area contributed by atoms with Crippen molar-refractivity contribution in [3.05, 3.63) is 23.8 Å². The highest BCUT2D eigenvalue weighted by atomic mass is 16.5. The first-order chi connectivity index (χ1) is 6.66. The molecule has 0 heterocycles. The van der Waals surface area contributed by atoms with Crippen molar-refractivity contribution >= 4 is 11.4 Å². The lowest BCUT2D eigenvalue weighted by Gasteiger charge is -2.21. The molecule has 1 rings (SSSR count). The van der Waals surface area contributed by atoms with E-state index in [4.69, 9.17) is 10.5 Å². The fourth-order valence-corrected chi connectivity index (χ4v) is 1.35. The number of likely N-dealkylation sites (N-methyl/N-ethyl adjacent to an activating group) is 1. The zero-order valence-electron chi connectivity index (χ0n) is 9.08. The molecule has 0 saturated heterocycles. The Morgan fingerprint density at radius 2 is 2.14 bits per heavy atom. The molecular weight excluding hydrogens is 176 g/mol. The largest absolute Gasteiger partial charge is 0.397 e. The predicted molar refractivity (Wildman–Crippen MR) is 60.7 cm³/mol. The number of methoxy groups -OCH3 is 1. The maximum Gasteiger partial charge on any atom is 0.0637 e. The average Bonchev–Trinajstić information content (AvgIpc) is 2.18. The Morgan fingerprint density at radius 1 is 1.43 bits per heavy atom. The van der Waals surface area contributed by atoms with Gasteiger partial charge in [0.2, 0.25) is 0 Å². The number of para-hydroxylation sites is 1. The van der Waals surface area contributed by atoms with Gasteiger partial charge in [-0.15, -0.1) is 0 Å². The number of nitrogen functional groups attached to an aromatic ring is 1. The minimum atomic E-state index is 0.712. The van der Waals surface area contributed by atoms with Crippen molar-refractivity contribution in [1.29, 1.82) is 0 Å². The molecule has 1 aromatic rings. The second-order valence-corrected chi connectivity index (χ2v) is 3.42. The zero-order chi connectivity index (χ0) is 10.6. The molecule has 0 bridgehead atoms. The van der Waals surface area contributed by atoms with Crippen LogP contribution in [0.25, 0.3) is 0 Å². The van der Waals surface area contributed by atoms with E-state index >= 15 is 0 Å². The number of nitrogens with two attached hydrogens (primary N) is 1. The van der Waals surface area contributed by atoms with Gasteiger partial charge in [-0.3, -0.25) is 0 Å².